The summed E-state index contributed by atoms with van der Waals surface area (Å²) < 4.78 is 2.03. The van der Waals surface area contributed by atoms with E-state index in [1.807, 2.05) is 36.4 Å². The number of carbonyl (C=O) groups is 1. The molecule has 4 nitrogen and oxygen atoms in total. The Kier molecular flexibility index (Phi) is 5.61. The van der Waals surface area contributed by atoms with Crippen molar-refractivity contribution in [2.45, 2.75) is 17.7 Å². The van der Waals surface area contributed by atoms with Crippen molar-refractivity contribution in [3.05, 3.63) is 59.7 Å². The first kappa shape index (κ1) is 16.7. The fraction of sp³-hybridized carbons (Fsp3) is 0.167. The van der Waals surface area contributed by atoms with Gasteiger partial charge < -0.3 is 0 Å². The van der Waals surface area contributed by atoms with Gasteiger partial charge in [-0.2, -0.15) is 5.10 Å². The van der Waals surface area contributed by atoms with Crippen LogP contribution in [0.25, 0.3) is 10.2 Å². The van der Waals surface area contributed by atoms with Crippen LogP contribution in [0, 0.1) is 0 Å². The third kappa shape index (κ3) is 4.43. The van der Waals surface area contributed by atoms with Gasteiger partial charge in [0.1, 0.15) is 0 Å². The van der Waals surface area contributed by atoms with Gasteiger partial charge in [-0.25, -0.2) is 10.4 Å². The summed E-state index contributed by atoms with van der Waals surface area (Å²) in [6, 6.07) is 16.1. The Morgan fingerprint density at radius 3 is 2.79 bits per heavy atom. The number of nitrogens with one attached hydrogen (secondary N) is 1. The van der Waals surface area contributed by atoms with Gasteiger partial charge >= 0.3 is 0 Å². The Morgan fingerprint density at radius 1 is 1.25 bits per heavy atom. The van der Waals surface area contributed by atoms with Crippen molar-refractivity contribution in [3.8, 4) is 0 Å². The zero-order valence-corrected chi connectivity index (χ0v) is 14.9. The lowest BCUT2D eigenvalue weighted by Crippen LogP contribution is -2.19. The smallest absolute Gasteiger partial charge is 0.250 e. The molecule has 0 saturated carbocycles. The molecule has 0 bridgehead atoms. The molecule has 0 radical (unpaired) electrons. The first-order valence-electron chi connectivity index (χ1n) is 7.64. The van der Waals surface area contributed by atoms with E-state index in [1.54, 1.807) is 17.6 Å². The Hall–Kier alpha value is -2.18. The second-order valence-corrected chi connectivity index (χ2v) is 7.38. The van der Waals surface area contributed by atoms with Gasteiger partial charge in [0.2, 0.25) is 0 Å². The van der Waals surface area contributed by atoms with Crippen molar-refractivity contribution in [2.24, 2.45) is 5.10 Å². The number of nitrogens with zero attached hydrogens (tertiary/aromatic N) is 2. The lowest BCUT2D eigenvalue weighted by molar-refractivity contribution is -0.118. The summed E-state index contributed by atoms with van der Waals surface area (Å²) in [6.07, 6.45) is 2.66. The highest BCUT2D eigenvalue weighted by Crippen LogP contribution is 2.28. The van der Waals surface area contributed by atoms with Gasteiger partial charge in [0.25, 0.3) is 5.91 Å². The van der Waals surface area contributed by atoms with E-state index in [-0.39, 0.29) is 5.91 Å². The summed E-state index contributed by atoms with van der Waals surface area (Å²) >= 11 is 3.02. The molecule has 1 N–H and O–H groups in total. The maximum Gasteiger partial charge on any atom is 0.250 e. The Bertz CT molecular complexity index is 823. The summed E-state index contributed by atoms with van der Waals surface area (Å²) in [5.41, 5.74) is 5.77. The third-order valence-electron chi connectivity index (χ3n) is 3.39. The lowest BCUT2D eigenvalue weighted by Gasteiger charge is -1.99. The number of aromatic nitrogens is 1. The van der Waals surface area contributed by atoms with E-state index in [0.29, 0.717) is 5.75 Å². The van der Waals surface area contributed by atoms with Gasteiger partial charge in [0.15, 0.2) is 4.34 Å². The van der Waals surface area contributed by atoms with Crippen molar-refractivity contribution >= 4 is 45.4 Å². The van der Waals surface area contributed by atoms with Crippen molar-refractivity contribution in [1.82, 2.24) is 10.4 Å². The molecular formula is C18H17N3OS2. The largest absolute Gasteiger partial charge is 0.272 e. The number of hydrogen-bond acceptors (Lipinski definition) is 5. The highest BCUT2D eigenvalue weighted by molar-refractivity contribution is 8.01. The van der Waals surface area contributed by atoms with Crippen LogP contribution in [0.15, 0.2) is 58.0 Å². The molecule has 0 unspecified atom stereocenters. The number of fused-ring (bicyclic) bond motifs is 1. The average molecular weight is 355 g/mol. The summed E-state index contributed by atoms with van der Waals surface area (Å²) in [7, 11) is 0. The SMILES string of the molecule is CCc1ccc(C=NNC(=O)CSc2nc3ccccc3s2)cc1. The Balaban J connectivity index is 1.49. The van der Waals surface area contributed by atoms with Crippen LogP contribution in [0.1, 0.15) is 18.1 Å². The number of hydrogen-bond donors (Lipinski definition) is 1. The van der Waals surface area contributed by atoms with Crippen LogP contribution < -0.4 is 5.43 Å². The number of hydrazone groups is 1. The van der Waals surface area contributed by atoms with Crippen LogP contribution >= 0.6 is 23.1 Å². The summed E-state index contributed by atoms with van der Waals surface area (Å²) in [6.45, 7) is 2.12. The van der Waals surface area contributed by atoms with E-state index < -0.39 is 0 Å². The zero-order valence-electron chi connectivity index (χ0n) is 13.2. The van der Waals surface area contributed by atoms with Gasteiger partial charge in [-0.05, 0) is 29.7 Å². The topological polar surface area (TPSA) is 54.4 Å². The molecule has 6 heteroatoms. The average Bonchev–Trinajstić information content (AvgIpc) is 3.03. The van der Waals surface area contributed by atoms with Crippen molar-refractivity contribution in [2.75, 3.05) is 5.75 Å². The molecule has 0 fully saturated rings. The molecule has 3 rings (SSSR count). The van der Waals surface area contributed by atoms with Gasteiger partial charge in [-0.3, -0.25) is 4.79 Å². The molecule has 2 aromatic carbocycles. The zero-order chi connectivity index (χ0) is 16.8. The van der Waals surface area contributed by atoms with Crippen LogP contribution in [0.5, 0.6) is 0 Å². The first-order chi connectivity index (χ1) is 11.7. The van der Waals surface area contributed by atoms with E-state index >= 15 is 0 Å². The quantitative estimate of drug-likeness (QED) is 0.411. The highest BCUT2D eigenvalue weighted by Gasteiger charge is 2.06. The number of thioether (sulfide) groups is 1. The van der Waals surface area contributed by atoms with E-state index in [4.69, 9.17) is 0 Å². The third-order valence-corrected chi connectivity index (χ3v) is 5.57. The van der Waals surface area contributed by atoms with Crippen LogP contribution in [0.3, 0.4) is 0 Å². The summed E-state index contributed by atoms with van der Waals surface area (Å²) in [5, 5.41) is 4.00. The minimum absolute atomic E-state index is 0.138. The Morgan fingerprint density at radius 2 is 2.04 bits per heavy atom. The molecule has 1 amide bonds. The maximum absolute atomic E-state index is 11.9. The van der Waals surface area contributed by atoms with Crippen LogP contribution in [0.2, 0.25) is 0 Å². The maximum atomic E-state index is 11.9. The van der Waals surface area contributed by atoms with E-state index in [9.17, 15) is 4.79 Å². The minimum atomic E-state index is -0.138. The number of amides is 1. The molecule has 0 aliphatic rings. The van der Waals surface area contributed by atoms with Gasteiger partial charge in [0.05, 0.1) is 22.2 Å². The molecule has 0 aliphatic heterocycles. The molecule has 122 valence electrons. The summed E-state index contributed by atoms with van der Waals surface area (Å²) in [5.74, 6) is 0.159. The van der Waals surface area contributed by atoms with Crippen molar-refractivity contribution in [1.29, 1.82) is 0 Å². The van der Waals surface area contributed by atoms with Crippen LogP contribution in [0.4, 0.5) is 0 Å². The Labute approximate surface area is 149 Å². The second kappa shape index (κ2) is 8.08. The number of para-hydroxylation sites is 1. The van der Waals surface area contributed by atoms with E-state index in [0.717, 1.165) is 26.5 Å². The predicted octanol–water partition coefficient (Wildman–Crippen LogP) is 4.10. The fourth-order valence-corrected chi connectivity index (χ4v) is 3.95. The van der Waals surface area contributed by atoms with Gasteiger partial charge in [0, 0.05) is 0 Å². The molecule has 3 aromatic rings. The number of aryl methyl sites for hydroxylation is 1. The summed E-state index contributed by atoms with van der Waals surface area (Å²) in [4.78, 5) is 16.3. The molecule has 1 heterocycles. The second-order valence-electron chi connectivity index (χ2n) is 5.12. The van der Waals surface area contributed by atoms with Gasteiger partial charge in [-0.1, -0.05) is 55.1 Å². The number of rotatable bonds is 6. The fourth-order valence-electron chi connectivity index (χ4n) is 2.09. The monoisotopic (exact) mass is 355 g/mol. The number of thiazole rings is 1. The molecule has 0 saturated heterocycles. The lowest BCUT2D eigenvalue weighted by atomic mass is 10.1. The first-order valence-corrected chi connectivity index (χ1v) is 9.44. The van der Waals surface area contributed by atoms with Crippen molar-refractivity contribution in [3.63, 3.8) is 0 Å². The van der Waals surface area contributed by atoms with Crippen LogP contribution in [-0.2, 0) is 11.2 Å². The number of benzene rings is 2. The van der Waals surface area contributed by atoms with E-state index in [2.05, 4.69) is 34.6 Å². The predicted molar refractivity (Wildman–Crippen MR) is 102 cm³/mol. The van der Waals surface area contributed by atoms with E-state index in [1.165, 1.54) is 17.3 Å². The highest BCUT2D eigenvalue weighted by atomic mass is 32.2. The normalized spacial score (nSPS) is 11.2. The number of carbonyl (C=O) groups excluding carboxylic acids is 1. The van der Waals surface area contributed by atoms with Crippen molar-refractivity contribution < 1.29 is 4.79 Å². The molecule has 24 heavy (non-hydrogen) atoms. The standard InChI is InChI=1S/C18H17N3OS2/c1-2-13-7-9-14(10-8-13)11-19-21-17(22)12-23-18-20-15-5-3-4-6-16(15)24-18/h3-11H,2,12H2,1H3,(H,21,22). The molecule has 0 atom stereocenters. The molecular weight excluding hydrogens is 338 g/mol. The minimum Gasteiger partial charge on any atom is -0.272 e. The molecule has 1 aromatic heterocycles. The van der Waals surface area contributed by atoms with Crippen LogP contribution in [-0.4, -0.2) is 22.9 Å². The van der Waals surface area contributed by atoms with Gasteiger partial charge in [-0.15, -0.1) is 11.3 Å². The molecule has 0 spiro atoms. The molecule has 0 aliphatic carbocycles.